The van der Waals surface area contributed by atoms with Crippen LogP contribution in [0.25, 0.3) is 0 Å². The largest absolute Gasteiger partial charge is 0.316 e. The van der Waals surface area contributed by atoms with Gasteiger partial charge in [0.15, 0.2) is 0 Å². The first-order chi connectivity index (χ1) is 12.3. The van der Waals surface area contributed by atoms with Gasteiger partial charge in [0.1, 0.15) is 13.1 Å². The smallest absolute Gasteiger partial charge is 0.105 e. The minimum atomic E-state index is 1.09. The second-order valence-corrected chi connectivity index (χ2v) is 6.79. The molecule has 0 amide bonds. The quantitative estimate of drug-likeness (QED) is 0.362. The monoisotopic (exact) mass is 334 g/mol. The van der Waals surface area contributed by atoms with Gasteiger partial charge in [0.25, 0.3) is 0 Å². The van der Waals surface area contributed by atoms with Crippen LogP contribution in [-0.4, -0.2) is 17.6 Å². The summed E-state index contributed by atoms with van der Waals surface area (Å²) in [5.41, 5.74) is 2.86. The van der Waals surface area contributed by atoms with Crippen LogP contribution in [-0.2, 0) is 13.1 Å². The highest BCUT2D eigenvalue weighted by Crippen LogP contribution is 2.22. The molecule has 2 aromatic carbocycles. The summed E-state index contributed by atoms with van der Waals surface area (Å²) in [5, 5.41) is 0. The summed E-state index contributed by atoms with van der Waals surface area (Å²) in [6.45, 7) is 8.75. The summed E-state index contributed by atoms with van der Waals surface area (Å²) in [6.07, 6.45) is 11.2. The van der Waals surface area contributed by atoms with Crippen molar-refractivity contribution in [1.82, 2.24) is 0 Å². The van der Waals surface area contributed by atoms with E-state index in [2.05, 4.69) is 98.8 Å². The molecular formula is C24H32N+. The minimum Gasteiger partial charge on any atom is -0.316 e. The molecule has 1 nitrogen and oxygen atoms in total. The van der Waals surface area contributed by atoms with E-state index in [9.17, 15) is 0 Å². The molecule has 2 aromatic rings. The average molecular weight is 335 g/mol. The molecule has 25 heavy (non-hydrogen) atoms. The van der Waals surface area contributed by atoms with E-state index in [1.165, 1.54) is 24.2 Å². The predicted molar refractivity (Wildman–Crippen MR) is 109 cm³/mol. The lowest BCUT2D eigenvalue weighted by atomic mass is 10.1. The molecule has 0 bridgehead atoms. The van der Waals surface area contributed by atoms with Crippen LogP contribution in [0.2, 0.25) is 0 Å². The zero-order valence-electron chi connectivity index (χ0n) is 15.8. The van der Waals surface area contributed by atoms with Crippen molar-refractivity contribution in [3.63, 3.8) is 0 Å². The Hall–Kier alpha value is -2.12. The van der Waals surface area contributed by atoms with Gasteiger partial charge in [-0.1, -0.05) is 85.0 Å². The van der Waals surface area contributed by atoms with Crippen molar-refractivity contribution >= 4 is 0 Å². The van der Waals surface area contributed by atoms with Crippen LogP contribution >= 0.6 is 0 Å². The van der Waals surface area contributed by atoms with Crippen LogP contribution in [0.4, 0.5) is 0 Å². The Morgan fingerprint density at radius 3 is 1.40 bits per heavy atom. The zero-order valence-corrected chi connectivity index (χ0v) is 15.8. The van der Waals surface area contributed by atoms with E-state index in [0.717, 1.165) is 30.4 Å². The van der Waals surface area contributed by atoms with E-state index in [-0.39, 0.29) is 0 Å². The fourth-order valence-electron chi connectivity index (χ4n) is 3.46. The Kier molecular flexibility index (Phi) is 8.21. The third-order valence-corrected chi connectivity index (χ3v) is 4.73. The summed E-state index contributed by atoms with van der Waals surface area (Å²) >= 11 is 0. The Morgan fingerprint density at radius 2 is 1.04 bits per heavy atom. The van der Waals surface area contributed by atoms with Gasteiger partial charge in [-0.3, -0.25) is 0 Å². The molecule has 0 aliphatic carbocycles. The zero-order chi connectivity index (χ0) is 17.8. The van der Waals surface area contributed by atoms with Gasteiger partial charge in [0.05, 0.1) is 13.1 Å². The summed E-state index contributed by atoms with van der Waals surface area (Å²) in [6, 6.07) is 21.9. The maximum absolute atomic E-state index is 2.30. The van der Waals surface area contributed by atoms with Crippen molar-refractivity contribution in [3.8, 4) is 0 Å². The molecule has 0 fully saturated rings. The molecule has 0 saturated heterocycles. The van der Waals surface area contributed by atoms with Gasteiger partial charge in [0.2, 0.25) is 0 Å². The van der Waals surface area contributed by atoms with Crippen LogP contribution in [0.3, 0.4) is 0 Å². The maximum atomic E-state index is 2.30. The number of nitrogens with zero attached hydrogens (tertiary/aromatic N) is 1. The standard InChI is InChI=1S/C24H32N/c1-3-5-13-19-25(20-14-6-4-2,21-23-15-9-7-10-16-23)22-24-17-11-8-12-18-24/h3-12,15-18H,13-14,19-22H2,1-2H3/q+1/b5-3+,6-4+. The van der Waals surface area contributed by atoms with Crippen LogP contribution < -0.4 is 0 Å². The second-order valence-electron chi connectivity index (χ2n) is 6.79. The Bertz CT molecular complexity index is 581. The van der Waals surface area contributed by atoms with E-state index in [0.29, 0.717) is 0 Å². The van der Waals surface area contributed by atoms with Crippen LogP contribution in [0.1, 0.15) is 37.8 Å². The highest BCUT2D eigenvalue weighted by atomic mass is 15.3. The van der Waals surface area contributed by atoms with Gasteiger partial charge in [-0.05, 0) is 13.8 Å². The molecule has 0 heterocycles. The Labute approximate surface area is 153 Å². The first-order valence-electron chi connectivity index (χ1n) is 9.43. The van der Waals surface area contributed by atoms with Crippen molar-refractivity contribution in [2.24, 2.45) is 0 Å². The number of benzene rings is 2. The van der Waals surface area contributed by atoms with E-state index < -0.39 is 0 Å². The topological polar surface area (TPSA) is 0 Å². The molecule has 0 aromatic heterocycles. The summed E-state index contributed by atoms with van der Waals surface area (Å²) in [7, 11) is 0. The lowest BCUT2D eigenvalue weighted by molar-refractivity contribution is -0.953. The highest BCUT2D eigenvalue weighted by Gasteiger charge is 2.27. The van der Waals surface area contributed by atoms with Gasteiger partial charge in [-0.15, -0.1) is 0 Å². The number of quaternary nitrogens is 1. The van der Waals surface area contributed by atoms with Gasteiger partial charge in [0, 0.05) is 24.0 Å². The number of allylic oxidation sites excluding steroid dienone is 2. The molecule has 0 N–H and O–H groups in total. The number of hydrogen-bond donors (Lipinski definition) is 0. The highest BCUT2D eigenvalue weighted by molar-refractivity contribution is 5.15. The number of hydrogen-bond acceptors (Lipinski definition) is 0. The molecule has 0 spiro atoms. The molecule has 0 unspecified atom stereocenters. The molecule has 2 rings (SSSR count). The van der Waals surface area contributed by atoms with Crippen LogP contribution in [0.15, 0.2) is 85.0 Å². The summed E-state index contributed by atoms with van der Waals surface area (Å²) < 4.78 is 1.10. The van der Waals surface area contributed by atoms with Gasteiger partial charge in [-0.25, -0.2) is 0 Å². The molecule has 1 heteroatoms. The third-order valence-electron chi connectivity index (χ3n) is 4.73. The number of rotatable bonds is 10. The van der Waals surface area contributed by atoms with Crippen molar-refractivity contribution < 1.29 is 4.48 Å². The van der Waals surface area contributed by atoms with Crippen molar-refractivity contribution in [2.75, 3.05) is 13.1 Å². The molecule has 0 aliphatic heterocycles. The van der Waals surface area contributed by atoms with Gasteiger partial charge in [-0.2, -0.15) is 0 Å². The van der Waals surface area contributed by atoms with Crippen molar-refractivity contribution in [1.29, 1.82) is 0 Å². The van der Waals surface area contributed by atoms with E-state index >= 15 is 0 Å². The summed E-state index contributed by atoms with van der Waals surface area (Å²) in [5.74, 6) is 0. The van der Waals surface area contributed by atoms with Gasteiger partial charge < -0.3 is 4.48 Å². The Morgan fingerprint density at radius 1 is 0.640 bits per heavy atom. The molecule has 0 radical (unpaired) electrons. The lowest BCUT2D eigenvalue weighted by Crippen LogP contribution is -2.47. The van der Waals surface area contributed by atoms with E-state index in [1.54, 1.807) is 0 Å². The average Bonchev–Trinajstić information content (AvgIpc) is 2.64. The van der Waals surface area contributed by atoms with Crippen molar-refractivity contribution in [3.05, 3.63) is 96.1 Å². The molecular weight excluding hydrogens is 302 g/mol. The fourth-order valence-corrected chi connectivity index (χ4v) is 3.46. The Balaban J connectivity index is 2.28. The third kappa shape index (κ3) is 6.72. The molecule has 132 valence electrons. The second kappa shape index (κ2) is 10.7. The maximum Gasteiger partial charge on any atom is 0.105 e. The SMILES string of the molecule is C/C=C/CC[N+](CC/C=C/C)(Cc1ccccc1)Cc1ccccc1. The van der Waals surface area contributed by atoms with Crippen molar-refractivity contribution in [2.45, 2.75) is 39.8 Å². The summed E-state index contributed by atoms with van der Waals surface area (Å²) in [4.78, 5) is 0. The normalized spacial score (nSPS) is 12.2. The minimum absolute atomic E-state index is 1.09. The lowest BCUT2D eigenvalue weighted by Gasteiger charge is -2.39. The van der Waals surface area contributed by atoms with E-state index in [4.69, 9.17) is 0 Å². The molecule has 0 saturated carbocycles. The molecule has 0 aliphatic rings. The van der Waals surface area contributed by atoms with Crippen LogP contribution in [0.5, 0.6) is 0 Å². The van der Waals surface area contributed by atoms with Crippen LogP contribution in [0, 0.1) is 0 Å². The van der Waals surface area contributed by atoms with Gasteiger partial charge >= 0.3 is 0 Å². The first-order valence-corrected chi connectivity index (χ1v) is 9.43. The fraction of sp³-hybridized carbons (Fsp3) is 0.333. The first kappa shape index (κ1) is 19.2. The van der Waals surface area contributed by atoms with E-state index in [1.807, 2.05) is 0 Å². The molecule has 0 atom stereocenters. The predicted octanol–water partition coefficient (Wildman–Crippen LogP) is 6.14.